The van der Waals surface area contributed by atoms with E-state index < -0.39 is 11.6 Å². The van der Waals surface area contributed by atoms with Crippen molar-refractivity contribution in [3.8, 4) is 0 Å². The zero-order chi connectivity index (χ0) is 12.7. The van der Waals surface area contributed by atoms with Gasteiger partial charge in [-0.05, 0) is 30.9 Å². The van der Waals surface area contributed by atoms with Gasteiger partial charge in [0, 0.05) is 5.56 Å². The first kappa shape index (κ1) is 14.1. The zero-order valence-electron chi connectivity index (χ0n) is 10.8. The number of hydrogen-bond donors (Lipinski definition) is 0. The Morgan fingerprint density at radius 3 is 2.18 bits per heavy atom. The van der Waals surface area contributed by atoms with Crippen LogP contribution in [-0.4, -0.2) is 0 Å². The van der Waals surface area contributed by atoms with Gasteiger partial charge >= 0.3 is 0 Å². The molecule has 1 aromatic carbocycles. The van der Waals surface area contributed by atoms with Crippen molar-refractivity contribution < 1.29 is 8.78 Å². The molecule has 0 bridgehead atoms. The summed E-state index contributed by atoms with van der Waals surface area (Å²) in [5, 5.41) is 0. The second-order valence-electron chi connectivity index (χ2n) is 4.59. The van der Waals surface area contributed by atoms with Crippen LogP contribution >= 0.6 is 0 Å². The molecule has 0 aliphatic rings. The molecule has 0 radical (unpaired) electrons. The minimum atomic E-state index is -0.396. The summed E-state index contributed by atoms with van der Waals surface area (Å²) in [5.74, 6) is -0.771. The van der Waals surface area contributed by atoms with E-state index in [1.165, 1.54) is 31.0 Å². The first-order chi connectivity index (χ1) is 8.20. The highest BCUT2D eigenvalue weighted by Crippen LogP contribution is 2.30. The second kappa shape index (κ2) is 7.41. The van der Waals surface area contributed by atoms with E-state index in [-0.39, 0.29) is 11.5 Å². The summed E-state index contributed by atoms with van der Waals surface area (Å²) in [5.41, 5.74) is 0.284. The van der Waals surface area contributed by atoms with Gasteiger partial charge in [-0.25, -0.2) is 8.78 Å². The summed E-state index contributed by atoms with van der Waals surface area (Å²) >= 11 is 0. The van der Waals surface area contributed by atoms with Crippen molar-refractivity contribution in [1.29, 1.82) is 0 Å². The molecule has 0 amide bonds. The summed E-state index contributed by atoms with van der Waals surface area (Å²) < 4.78 is 27.2. The molecular formula is C15H22F2. The van der Waals surface area contributed by atoms with Crippen molar-refractivity contribution in [2.45, 2.75) is 58.3 Å². The van der Waals surface area contributed by atoms with Crippen LogP contribution in [0.5, 0.6) is 0 Å². The molecule has 0 N–H and O–H groups in total. The average Bonchev–Trinajstić information content (AvgIpc) is 2.31. The van der Waals surface area contributed by atoms with Crippen LogP contribution < -0.4 is 0 Å². The fourth-order valence-corrected chi connectivity index (χ4v) is 2.27. The SMILES string of the molecule is CCCCCCC(CC)c1c(F)cccc1F. The predicted octanol–water partition coefficient (Wildman–Crippen LogP) is 5.43. The van der Waals surface area contributed by atoms with Crippen LogP contribution in [0.4, 0.5) is 8.78 Å². The molecule has 0 aromatic heterocycles. The van der Waals surface area contributed by atoms with Crippen molar-refractivity contribution in [2.24, 2.45) is 0 Å². The van der Waals surface area contributed by atoms with E-state index in [1.54, 1.807) is 0 Å². The Morgan fingerprint density at radius 1 is 1.00 bits per heavy atom. The summed E-state index contributed by atoms with van der Waals surface area (Å²) in [6.07, 6.45) is 6.28. The van der Waals surface area contributed by atoms with Crippen molar-refractivity contribution >= 4 is 0 Å². The van der Waals surface area contributed by atoms with E-state index in [0.717, 1.165) is 25.7 Å². The Kier molecular flexibility index (Phi) is 6.17. The van der Waals surface area contributed by atoms with Gasteiger partial charge in [0.05, 0.1) is 0 Å². The van der Waals surface area contributed by atoms with Crippen molar-refractivity contribution in [3.63, 3.8) is 0 Å². The van der Waals surface area contributed by atoms with E-state index in [2.05, 4.69) is 6.92 Å². The molecule has 1 rings (SSSR count). The van der Waals surface area contributed by atoms with Gasteiger partial charge < -0.3 is 0 Å². The molecule has 0 saturated carbocycles. The fourth-order valence-electron chi connectivity index (χ4n) is 2.27. The van der Waals surface area contributed by atoms with Crippen LogP contribution in [0.25, 0.3) is 0 Å². The van der Waals surface area contributed by atoms with Gasteiger partial charge in [0.25, 0.3) is 0 Å². The summed E-state index contributed by atoms with van der Waals surface area (Å²) in [6, 6.07) is 4.14. The molecule has 2 heteroatoms. The van der Waals surface area contributed by atoms with E-state index in [1.807, 2.05) is 6.92 Å². The lowest BCUT2D eigenvalue weighted by molar-refractivity contribution is 0.479. The highest BCUT2D eigenvalue weighted by atomic mass is 19.1. The molecule has 1 unspecified atom stereocenters. The third-order valence-corrected chi connectivity index (χ3v) is 3.31. The van der Waals surface area contributed by atoms with Gasteiger partial charge in [-0.1, -0.05) is 45.6 Å². The number of hydrogen-bond acceptors (Lipinski definition) is 0. The van der Waals surface area contributed by atoms with Gasteiger partial charge in [-0.15, -0.1) is 0 Å². The van der Waals surface area contributed by atoms with Crippen LogP contribution in [0, 0.1) is 11.6 Å². The van der Waals surface area contributed by atoms with Crippen molar-refractivity contribution in [1.82, 2.24) is 0 Å². The maximum Gasteiger partial charge on any atom is 0.129 e. The van der Waals surface area contributed by atoms with Crippen LogP contribution in [-0.2, 0) is 0 Å². The lowest BCUT2D eigenvalue weighted by atomic mass is 9.90. The minimum absolute atomic E-state index is 0.0213. The van der Waals surface area contributed by atoms with E-state index in [0.29, 0.717) is 0 Å². The van der Waals surface area contributed by atoms with Crippen molar-refractivity contribution in [3.05, 3.63) is 35.4 Å². The second-order valence-corrected chi connectivity index (χ2v) is 4.59. The maximum absolute atomic E-state index is 13.6. The maximum atomic E-state index is 13.6. The summed E-state index contributed by atoms with van der Waals surface area (Å²) in [4.78, 5) is 0. The van der Waals surface area contributed by atoms with Gasteiger partial charge in [0.15, 0.2) is 0 Å². The Labute approximate surface area is 103 Å². The topological polar surface area (TPSA) is 0 Å². The Hall–Kier alpha value is -0.920. The summed E-state index contributed by atoms with van der Waals surface area (Å²) in [6.45, 7) is 4.16. The standard InChI is InChI=1S/C15H22F2/c1-3-5-6-7-9-12(4-2)15-13(16)10-8-11-14(15)17/h8,10-12H,3-7,9H2,1-2H3. The highest BCUT2D eigenvalue weighted by molar-refractivity contribution is 5.23. The van der Waals surface area contributed by atoms with Gasteiger partial charge in [-0.2, -0.15) is 0 Å². The molecule has 0 nitrogen and oxygen atoms in total. The highest BCUT2D eigenvalue weighted by Gasteiger charge is 2.17. The molecule has 0 heterocycles. The first-order valence-electron chi connectivity index (χ1n) is 6.64. The average molecular weight is 240 g/mol. The number of rotatable bonds is 7. The molecule has 96 valence electrons. The molecule has 1 atom stereocenters. The lowest BCUT2D eigenvalue weighted by Crippen LogP contribution is -2.04. The minimum Gasteiger partial charge on any atom is -0.207 e. The summed E-state index contributed by atoms with van der Waals surface area (Å²) in [7, 11) is 0. The smallest absolute Gasteiger partial charge is 0.129 e. The molecule has 1 aromatic rings. The third-order valence-electron chi connectivity index (χ3n) is 3.31. The quantitative estimate of drug-likeness (QED) is 0.557. The molecule has 17 heavy (non-hydrogen) atoms. The largest absolute Gasteiger partial charge is 0.207 e. The lowest BCUT2D eigenvalue weighted by Gasteiger charge is -2.16. The predicted molar refractivity (Wildman–Crippen MR) is 68.1 cm³/mol. The molecule has 0 aliphatic heterocycles. The van der Waals surface area contributed by atoms with E-state index in [4.69, 9.17) is 0 Å². The van der Waals surface area contributed by atoms with Crippen LogP contribution in [0.1, 0.15) is 63.9 Å². The molecule has 0 aliphatic carbocycles. The van der Waals surface area contributed by atoms with Crippen molar-refractivity contribution in [2.75, 3.05) is 0 Å². The van der Waals surface area contributed by atoms with Gasteiger partial charge in [0.1, 0.15) is 11.6 Å². The number of benzene rings is 1. The monoisotopic (exact) mass is 240 g/mol. The van der Waals surface area contributed by atoms with Crippen LogP contribution in [0.3, 0.4) is 0 Å². The normalized spacial score (nSPS) is 12.7. The van der Waals surface area contributed by atoms with Crippen LogP contribution in [0.15, 0.2) is 18.2 Å². The van der Waals surface area contributed by atoms with E-state index in [9.17, 15) is 8.78 Å². The third kappa shape index (κ3) is 4.10. The first-order valence-corrected chi connectivity index (χ1v) is 6.64. The molecule has 0 spiro atoms. The zero-order valence-corrected chi connectivity index (χ0v) is 10.8. The number of halogens is 2. The Morgan fingerprint density at radius 2 is 1.65 bits per heavy atom. The fraction of sp³-hybridized carbons (Fsp3) is 0.600. The molecule has 0 saturated heterocycles. The van der Waals surface area contributed by atoms with Crippen LogP contribution in [0.2, 0.25) is 0 Å². The molecular weight excluding hydrogens is 218 g/mol. The molecule has 0 fully saturated rings. The van der Waals surface area contributed by atoms with Gasteiger partial charge in [-0.3, -0.25) is 0 Å². The van der Waals surface area contributed by atoms with Gasteiger partial charge in [0.2, 0.25) is 0 Å². The number of unbranched alkanes of at least 4 members (excludes halogenated alkanes) is 3. The van der Waals surface area contributed by atoms with E-state index >= 15 is 0 Å². The Balaban J connectivity index is 2.66. The Bertz CT molecular complexity index is 313.